The fraction of sp³-hybridized carbons (Fsp3) is 0.0556. The first kappa shape index (κ1) is 22.3. The molecular formula is C18H15N3O8S2. The molecule has 0 atom stereocenters. The Bertz CT molecular complexity index is 1430. The lowest BCUT2D eigenvalue weighted by atomic mass is 10.1. The number of carbonyl (C=O) groups is 1. The summed E-state index contributed by atoms with van der Waals surface area (Å²) in [6, 6.07) is 10.7. The van der Waals surface area contributed by atoms with Crippen LogP contribution in [0.3, 0.4) is 0 Å². The summed E-state index contributed by atoms with van der Waals surface area (Å²) in [4.78, 5) is 9.82. The molecule has 3 aromatic carbocycles. The molecular weight excluding hydrogens is 450 g/mol. The number of fused-ring (bicyclic) bond motifs is 1. The van der Waals surface area contributed by atoms with Crippen LogP contribution in [0.1, 0.15) is 6.92 Å². The largest absolute Gasteiger partial charge is 0.505 e. The van der Waals surface area contributed by atoms with Gasteiger partial charge in [-0.15, -0.1) is 5.11 Å². The average molecular weight is 465 g/mol. The molecule has 0 unspecified atom stereocenters. The first-order valence-electron chi connectivity index (χ1n) is 8.41. The molecule has 0 radical (unpaired) electrons. The molecule has 0 bridgehead atoms. The van der Waals surface area contributed by atoms with Crippen molar-refractivity contribution in [2.75, 3.05) is 5.32 Å². The van der Waals surface area contributed by atoms with Crippen molar-refractivity contribution in [1.29, 1.82) is 0 Å². The molecule has 4 N–H and O–H groups in total. The number of nitrogens with zero attached hydrogens (tertiary/aromatic N) is 2. The second-order valence-corrected chi connectivity index (χ2v) is 9.05. The first-order valence-corrected chi connectivity index (χ1v) is 11.3. The van der Waals surface area contributed by atoms with Crippen molar-refractivity contribution in [3.63, 3.8) is 0 Å². The number of phenols is 1. The molecule has 3 aromatic rings. The number of rotatable bonds is 5. The number of aromatic hydroxyl groups is 1. The molecule has 0 aliphatic carbocycles. The van der Waals surface area contributed by atoms with Gasteiger partial charge in [0.2, 0.25) is 5.91 Å². The van der Waals surface area contributed by atoms with Crippen molar-refractivity contribution in [3.05, 3.63) is 48.5 Å². The lowest BCUT2D eigenvalue weighted by Crippen LogP contribution is -2.08. The Balaban J connectivity index is 2.46. The molecule has 31 heavy (non-hydrogen) atoms. The molecule has 0 aliphatic rings. The smallest absolute Gasteiger partial charge is 0.296 e. The van der Waals surface area contributed by atoms with Gasteiger partial charge in [-0.1, -0.05) is 18.2 Å². The zero-order valence-corrected chi connectivity index (χ0v) is 17.3. The van der Waals surface area contributed by atoms with E-state index in [1.807, 2.05) is 0 Å². The fourth-order valence-corrected chi connectivity index (χ4v) is 4.18. The number of hydrogen-bond acceptors (Lipinski definition) is 8. The lowest BCUT2D eigenvalue weighted by molar-refractivity contribution is -0.114. The van der Waals surface area contributed by atoms with Crippen LogP contribution in [-0.2, 0) is 25.0 Å². The van der Waals surface area contributed by atoms with Crippen LogP contribution in [0.5, 0.6) is 5.75 Å². The average Bonchev–Trinajstić information content (AvgIpc) is 2.65. The predicted molar refractivity (Wildman–Crippen MR) is 110 cm³/mol. The molecule has 0 saturated heterocycles. The summed E-state index contributed by atoms with van der Waals surface area (Å²) < 4.78 is 66.6. The Kier molecular flexibility index (Phi) is 5.78. The van der Waals surface area contributed by atoms with Gasteiger partial charge in [0.25, 0.3) is 20.2 Å². The van der Waals surface area contributed by atoms with Crippen LogP contribution >= 0.6 is 0 Å². The monoisotopic (exact) mass is 465 g/mol. The number of anilines is 1. The van der Waals surface area contributed by atoms with Gasteiger partial charge in [0.05, 0.1) is 16.8 Å². The summed E-state index contributed by atoms with van der Waals surface area (Å²) in [5, 5.41) is 19.9. The molecule has 3 rings (SSSR count). The van der Waals surface area contributed by atoms with Crippen molar-refractivity contribution in [2.45, 2.75) is 16.7 Å². The summed E-state index contributed by atoms with van der Waals surface area (Å²) in [6.07, 6.45) is 0. The molecule has 13 heteroatoms. The number of azo groups is 1. The van der Waals surface area contributed by atoms with E-state index in [2.05, 4.69) is 15.5 Å². The van der Waals surface area contributed by atoms with E-state index in [4.69, 9.17) is 0 Å². The maximum Gasteiger partial charge on any atom is 0.296 e. The second kappa shape index (κ2) is 8.03. The van der Waals surface area contributed by atoms with Crippen molar-refractivity contribution in [1.82, 2.24) is 0 Å². The Hall–Kier alpha value is -3.39. The quantitative estimate of drug-likeness (QED) is 0.326. The number of nitrogens with one attached hydrogen (secondary N) is 1. The Morgan fingerprint density at radius 3 is 2.06 bits per heavy atom. The van der Waals surface area contributed by atoms with Crippen molar-refractivity contribution >= 4 is 54.0 Å². The van der Waals surface area contributed by atoms with Crippen LogP contribution in [0.15, 0.2) is 68.6 Å². The van der Waals surface area contributed by atoms with Crippen molar-refractivity contribution in [3.8, 4) is 5.75 Å². The Morgan fingerprint density at radius 2 is 1.52 bits per heavy atom. The Morgan fingerprint density at radius 1 is 0.903 bits per heavy atom. The van der Waals surface area contributed by atoms with E-state index in [1.54, 1.807) is 18.2 Å². The van der Waals surface area contributed by atoms with Gasteiger partial charge in [-0.3, -0.25) is 13.9 Å². The SMILES string of the molecule is CC(=O)Nc1ccc(S(=O)(=O)O)c2cc(S(=O)(=O)O)c(N=Nc3ccccc3)c(O)c12. The minimum Gasteiger partial charge on any atom is -0.505 e. The summed E-state index contributed by atoms with van der Waals surface area (Å²) >= 11 is 0. The van der Waals surface area contributed by atoms with Crippen molar-refractivity contribution < 1.29 is 35.8 Å². The highest BCUT2D eigenvalue weighted by molar-refractivity contribution is 7.86. The van der Waals surface area contributed by atoms with Crippen LogP contribution in [0.25, 0.3) is 10.8 Å². The maximum absolute atomic E-state index is 11.9. The van der Waals surface area contributed by atoms with E-state index < -0.39 is 52.8 Å². The van der Waals surface area contributed by atoms with Gasteiger partial charge in [0, 0.05) is 12.3 Å². The zero-order valence-electron chi connectivity index (χ0n) is 15.7. The lowest BCUT2D eigenvalue weighted by Gasteiger charge is -2.14. The number of carbonyl (C=O) groups excluding carboxylic acids is 1. The topological polar surface area (TPSA) is 183 Å². The third-order valence-corrected chi connectivity index (χ3v) is 5.84. The summed E-state index contributed by atoms with van der Waals surface area (Å²) in [6.45, 7) is 1.15. The van der Waals surface area contributed by atoms with Crippen LogP contribution in [0, 0.1) is 0 Å². The number of benzene rings is 3. The van der Waals surface area contributed by atoms with Gasteiger partial charge in [-0.05, 0) is 30.3 Å². The third-order valence-electron chi connectivity index (χ3n) is 4.06. The summed E-state index contributed by atoms with van der Waals surface area (Å²) in [7, 11) is -9.90. The zero-order chi connectivity index (χ0) is 23.0. The van der Waals surface area contributed by atoms with E-state index in [0.29, 0.717) is 6.07 Å². The number of amides is 1. The van der Waals surface area contributed by atoms with Gasteiger partial charge >= 0.3 is 0 Å². The maximum atomic E-state index is 11.9. The highest BCUT2D eigenvalue weighted by atomic mass is 32.2. The molecule has 0 spiro atoms. The molecule has 0 aromatic heterocycles. The van der Waals surface area contributed by atoms with Crippen LogP contribution < -0.4 is 5.32 Å². The highest BCUT2D eigenvalue weighted by Gasteiger charge is 2.27. The Labute approximate surface area is 176 Å². The van der Waals surface area contributed by atoms with Gasteiger partial charge in [-0.2, -0.15) is 21.9 Å². The molecule has 162 valence electrons. The van der Waals surface area contributed by atoms with Gasteiger partial charge < -0.3 is 10.4 Å². The predicted octanol–water partition coefficient (Wildman–Crippen LogP) is 3.41. The van der Waals surface area contributed by atoms with Gasteiger partial charge in [0.1, 0.15) is 15.5 Å². The summed E-state index contributed by atoms with van der Waals surface area (Å²) in [5.41, 5.74) is -0.500. The summed E-state index contributed by atoms with van der Waals surface area (Å²) in [5.74, 6) is -1.47. The third kappa shape index (κ3) is 4.69. The highest BCUT2D eigenvalue weighted by Crippen LogP contribution is 2.46. The van der Waals surface area contributed by atoms with Crippen LogP contribution in [0.2, 0.25) is 0 Å². The molecule has 11 nitrogen and oxygen atoms in total. The molecule has 1 amide bonds. The van der Waals surface area contributed by atoms with Crippen LogP contribution in [-0.4, -0.2) is 37.0 Å². The van der Waals surface area contributed by atoms with E-state index in [0.717, 1.165) is 19.1 Å². The molecule has 0 saturated carbocycles. The number of phenolic OH excluding ortho intramolecular Hbond substituents is 1. The van der Waals surface area contributed by atoms with E-state index in [9.17, 15) is 35.8 Å². The number of hydrogen-bond donors (Lipinski definition) is 4. The minimum absolute atomic E-state index is 0.0922. The van der Waals surface area contributed by atoms with E-state index in [-0.39, 0.29) is 16.8 Å². The fourth-order valence-electron chi connectivity index (χ4n) is 2.85. The molecule has 0 aliphatic heterocycles. The minimum atomic E-state index is -5.03. The first-order chi connectivity index (χ1) is 14.4. The standard InChI is InChI=1S/C18H15N3O8S2/c1-10(22)19-13-7-8-14(30(24,25)26)12-9-15(31(27,28)29)17(18(23)16(12)13)21-20-11-5-3-2-4-6-11/h2-9,23H,1H3,(H,19,22)(H,24,25,26)(H,27,28,29). The molecule has 0 fully saturated rings. The van der Waals surface area contributed by atoms with Crippen molar-refractivity contribution in [2.24, 2.45) is 10.2 Å². The second-order valence-electron chi connectivity index (χ2n) is 6.27. The van der Waals surface area contributed by atoms with Gasteiger partial charge in [0.15, 0.2) is 5.75 Å². The van der Waals surface area contributed by atoms with E-state index in [1.165, 1.54) is 12.1 Å². The van der Waals surface area contributed by atoms with Gasteiger partial charge in [-0.25, -0.2) is 0 Å². The van der Waals surface area contributed by atoms with E-state index >= 15 is 0 Å². The normalized spacial score (nSPS) is 12.4. The van der Waals surface area contributed by atoms with Crippen LogP contribution in [0.4, 0.5) is 17.1 Å². The molecule has 0 heterocycles.